The lowest BCUT2D eigenvalue weighted by Gasteiger charge is -2.05. The highest BCUT2D eigenvalue weighted by Crippen LogP contribution is 2.12. The average molecular weight is 291 g/mol. The summed E-state index contributed by atoms with van der Waals surface area (Å²) in [5.41, 5.74) is 1.19. The summed E-state index contributed by atoms with van der Waals surface area (Å²) >= 11 is 5.76. The zero-order valence-electron chi connectivity index (χ0n) is 10.3. The molecule has 1 aromatic heterocycles. The van der Waals surface area contributed by atoms with E-state index in [2.05, 4.69) is 10.3 Å². The van der Waals surface area contributed by atoms with Crippen LogP contribution in [-0.2, 0) is 11.2 Å². The molecule has 1 amide bonds. The van der Waals surface area contributed by atoms with Crippen LogP contribution in [0.25, 0.3) is 0 Å². The van der Waals surface area contributed by atoms with E-state index in [0.29, 0.717) is 10.7 Å². The first-order chi connectivity index (χ1) is 9.54. The molecule has 0 fully saturated rings. The zero-order valence-corrected chi connectivity index (χ0v) is 11.1. The van der Waals surface area contributed by atoms with Gasteiger partial charge in [0.2, 0.25) is 5.91 Å². The van der Waals surface area contributed by atoms with Gasteiger partial charge < -0.3 is 10.4 Å². The molecular formula is C14H11ClN2O3. The van der Waals surface area contributed by atoms with Gasteiger partial charge in [0.1, 0.15) is 0 Å². The number of carboxylic acid groups (broad SMARTS) is 1. The first-order valence-electron chi connectivity index (χ1n) is 5.77. The van der Waals surface area contributed by atoms with Crippen LogP contribution in [0.15, 0.2) is 42.7 Å². The second kappa shape index (κ2) is 6.16. The number of carbonyl (C=O) groups excluding carboxylic acids is 1. The Hall–Kier alpha value is -2.40. The Morgan fingerprint density at radius 2 is 1.90 bits per heavy atom. The van der Waals surface area contributed by atoms with Gasteiger partial charge in [-0.1, -0.05) is 23.7 Å². The molecule has 0 radical (unpaired) electrons. The van der Waals surface area contributed by atoms with Crippen LogP contribution in [-0.4, -0.2) is 22.0 Å². The molecule has 0 spiro atoms. The van der Waals surface area contributed by atoms with E-state index in [1.54, 1.807) is 24.3 Å². The zero-order chi connectivity index (χ0) is 14.5. The highest BCUT2D eigenvalue weighted by Gasteiger charge is 2.07. The number of halogens is 1. The van der Waals surface area contributed by atoms with Gasteiger partial charge in [0, 0.05) is 11.2 Å². The molecule has 2 N–H and O–H groups in total. The van der Waals surface area contributed by atoms with Crippen molar-refractivity contribution in [3.05, 3.63) is 58.9 Å². The van der Waals surface area contributed by atoms with Crippen LogP contribution in [0.1, 0.15) is 15.9 Å². The minimum absolute atomic E-state index is 0.0225. The Morgan fingerprint density at radius 1 is 1.20 bits per heavy atom. The summed E-state index contributed by atoms with van der Waals surface area (Å²) in [6.07, 6.45) is 2.79. The summed E-state index contributed by atoms with van der Waals surface area (Å²) in [5, 5.41) is 12.0. The minimum atomic E-state index is -1.09. The van der Waals surface area contributed by atoms with Gasteiger partial charge in [0.05, 0.1) is 23.9 Å². The third-order valence-corrected chi connectivity index (χ3v) is 2.80. The smallest absolute Gasteiger partial charge is 0.337 e. The molecule has 0 aliphatic rings. The van der Waals surface area contributed by atoms with Crippen molar-refractivity contribution in [3.8, 4) is 0 Å². The van der Waals surface area contributed by atoms with Crippen LogP contribution in [0.3, 0.4) is 0 Å². The number of aromatic nitrogens is 1. The summed E-state index contributed by atoms with van der Waals surface area (Å²) in [4.78, 5) is 26.4. The van der Waals surface area contributed by atoms with Crippen LogP contribution < -0.4 is 5.32 Å². The predicted molar refractivity (Wildman–Crippen MR) is 75.0 cm³/mol. The lowest BCUT2D eigenvalue weighted by atomic mass is 10.1. The number of aromatic carboxylic acids is 1. The molecule has 5 nitrogen and oxygen atoms in total. The fraction of sp³-hybridized carbons (Fsp3) is 0.0714. The Bertz CT molecular complexity index is 641. The number of carbonyl (C=O) groups is 2. The summed E-state index contributed by atoms with van der Waals surface area (Å²) in [5.74, 6) is -1.34. The number of amides is 1. The number of hydrogen-bond donors (Lipinski definition) is 2. The van der Waals surface area contributed by atoms with Crippen LogP contribution >= 0.6 is 11.6 Å². The lowest BCUT2D eigenvalue weighted by molar-refractivity contribution is -0.115. The number of nitrogens with zero attached hydrogens (tertiary/aromatic N) is 1. The number of nitrogens with one attached hydrogen (secondary N) is 1. The molecule has 1 heterocycles. The van der Waals surface area contributed by atoms with Crippen molar-refractivity contribution in [2.75, 3.05) is 5.32 Å². The van der Waals surface area contributed by atoms with Crippen molar-refractivity contribution >= 4 is 29.2 Å². The maximum Gasteiger partial charge on any atom is 0.337 e. The average Bonchev–Trinajstić information content (AvgIpc) is 2.41. The van der Waals surface area contributed by atoms with Crippen molar-refractivity contribution in [3.63, 3.8) is 0 Å². The topological polar surface area (TPSA) is 79.3 Å². The van der Waals surface area contributed by atoms with Crippen molar-refractivity contribution in [1.29, 1.82) is 0 Å². The largest absolute Gasteiger partial charge is 0.478 e. The highest BCUT2D eigenvalue weighted by molar-refractivity contribution is 6.30. The van der Waals surface area contributed by atoms with E-state index < -0.39 is 5.97 Å². The van der Waals surface area contributed by atoms with Crippen LogP contribution in [0.5, 0.6) is 0 Å². The van der Waals surface area contributed by atoms with E-state index >= 15 is 0 Å². The Labute approximate surface area is 120 Å². The fourth-order valence-corrected chi connectivity index (χ4v) is 1.74. The first-order valence-corrected chi connectivity index (χ1v) is 6.15. The highest BCUT2D eigenvalue weighted by atomic mass is 35.5. The fourth-order valence-electron chi connectivity index (χ4n) is 1.62. The molecule has 0 atom stereocenters. The monoisotopic (exact) mass is 290 g/mol. The predicted octanol–water partition coefficient (Wildman–Crippen LogP) is 2.61. The van der Waals surface area contributed by atoms with E-state index in [9.17, 15) is 9.59 Å². The van der Waals surface area contributed by atoms with E-state index in [-0.39, 0.29) is 17.9 Å². The maximum atomic E-state index is 11.8. The standard InChI is InChI=1S/C14H11ClN2O3/c15-11-3-1-9(2-4-11)5-13(18)17-12-6-10(14(19)20)7-16-8-12/h1-4,6-8H,5H2,(H,17,18)(H,19,20). The summed E-state index contributed by atoms with van der Waals surface area (Å²) < 4.78 is 0. The first kappa shape index (κ1) is 14.0. The van der Waals surface area contributed by atoms with Gasteiger partial charge in [0.15, 0.2) is 0 Å². The molecule has 20 heavy (non-hydrogen) atoms. The van der Waals surface area contributed by atoms with Gasteiger partial charge in [-0.2, -0.15) is 0 Å². The second-order valence-corrected chi connectivity index (χ2v) is 4.56. The van der Waals surface area contributed by atoms with E-state index in [1.165, 1.54) is 18.5 Å². The number of hydrogen-bond acceptors (Lipinski definition) is 3. The van der Waals surface area contributed by atoms with Gasteiger partial charge in [0.25, 0.3) is 0 Å². The van der Waals surface area contributed by atoms with Crippen molar-refractivity contribution in [2.45, 2.75) is 6.42 Å². The number of benzene rings is 1. The number of carboxylic acids is 1. The van der Waals surface area contributed by atoms with Crippen LogP contribution in [0, 0.1) is 0 Å². The number of pyridine rings is 1. The summed E-state index contributed by atoms with van der Waals surface area (Å²) in [6, 6.07) is 8.28. The van der Waals surface area contributed by atoms with E-state index in [1.807, 2.05) is 0 Å². The molecule has 0 bridgehead atoms. The summed E-state index contributed by atoms with van der Waals surface area (Å²) in [7, 11) is 0. The van der Waals surface area contributed by atoms with Crippen molar-refractivity contribution < 1.29 is 14.7 Å². The van der Waals surface area contributed by atoms with Crippen LogP contribution in [0.4, 0.5) is 5.69 Å². The Kier molecular flexibility index (Phi) is 4.32. The second-order valence-electron chi connectivity index (χ2n) is 4.12. The molecular weight excluding hydrogens is 280 g/mol. The van der Waals surface area contributed by atoms with Crippen molar-refractivity contribution in [1.82, 2.24) is 4.98 Å². The SMILES string of the molecule is O=C(Cc1ccc(Cl)cc1)Nc1cncc(C(=O)O)c1. The molecule has 6 heteroatoms. The third-order valence-electron chi connectivity index (χ3n) is 2.55. The molecule has 2 aromatic rings. The van der Waals surface area contributed by atoms with Crippen LogP contribution in [0.2, 0.25) is 5.02 Å². The molecule has 0 aliphatic carbocycles. The van der Waals surface area contributed by atoms with E-state index in [0.717, 1.165) is 5.56 Å². The summed E-state index contributed by atoms with van der Waals surface area (Å²) in [6.45, 7) is 0. The Morgan fingerprint density at radius 3 is 2.55 bits per heavy atom. The quantitative estimate of drug-likeness (QED) is 0.907. The molecule has 0 saturated heterocycles. The number of anilines is 1. The molecule has 0 aliphatic heterocycles. The van der Waals surface area contributed by atoms with Gasteiger partial charge >= 0.3 is 5.97 Å². The molecule has 0 unspecified atom stereocenters. The molecule has 2 rings (SSSR count). The van der Waals surface area contributed by atoms with E-state index in [4.69, 9.17) is 16.7 Å². The Balaban J connectivity index is 2.02. The van der Waals surface area contributed by atoms with Gasteiger partial charge in [-0.15, -0.1) is 0 Å². The van der Waals surface area contributed by atoms with Gasteiger partial charge in [-0.05, 0) is 23.8 Å². The normalized spacial score (nSPS) is 10.1. The molecule has 0 saturated carbocycles. The van der Waals surface area contributed by atoms with Gasteiger partial charge in [-0.25, -0.2) is 4.79 Å². The lowest BCUT2D eigenvalue weighted by Crippen LogP contribution is -2.15. The minimum Gasteiger partial charge on any atom is -0.478 e. The molecule has 1 aromatic carbocycles. The van der Waals surface area contributed by atoms with Gasteiger partial charge in [-0.3, -0.25) is 9.78 Å². The number of rotatable bonds is 4. The maximum absolute atomic E-state index is 11.8. The third kappa shape index (κ3) is 3.80. The molecule has 102 valence electrons. The van der Waals surface area contributed by atoms with Crippen molar-refractivity contribution in [2.24, 2.45) is 0 Å².